The molecule has 5 heteroatoms. The predicted octanol–water partition coefficient (Wildman–Crippen LogP) is 3.10. The molecule has 1 unspecified atom stereocenters. The van der Waals surface area contributed by atoms with Crippen LogP contribution < -0.4 is 9.47 Å². The van der Waals surface area contributed by atoms with E-state index in [2.05, 4.69) is 0 Å². The molecule has 0 N–H and O–H groups in total. The largest absolute Gasteiger partial charge is 0.469 e. The van der Waals surface area contributed by atoms with Gasteiger partial charge in [0.1, 0.15) is 5.76 Å². The van der Waals surface area contributed by atoms with Crippen LogP contribution in [0.2, 0.25) is 0 Å². The molecule has 98 valence electrons. The highest BCUT2D eigenvalue weighted by Gasteiger charge is 2.23. The molecule has 0 bridgehead atoms. The lowest BCUT2D eigenvalue weighted by atomic mass is 9.95. The maximum atomic E-state index is 11.6. The zero-order valence-corrected chi connectivity index (χ0v) is 10.7. The quantitative estimate of drug-likeness (QED) is 0.807. The van der Waals surface area contributed by atoms with Gasteiger partial charge in [0.2, 0.25) is 12.0 Å². The lowest BCUT2D eigenvalue weighted by molar-refractivity contribution is -0.113. The van der Waals surface area contributed by atoms with E-state index >= 15 is 0 Å². The third-order valence-corrected chi connectivity index (χ3v) is 3.32. The van der Waals surface area contributed by atoms with E-state index in [0.717, 1.165) is 11.3 Å². The molecule has 0 saturated heterocycles. The smallest absolute Gasteiger partial charge is 0.231 e. The van der Waals surface area contributed by atoms with Gasteiger partial charge in [-0.25, -0.2) is 0 Å². The molecule has 1 aliphatic heterocycles. The highest BCUT2D eigenvalue weighted by atomic mass is 35.5. The fraction of sp³-hybridized carbons (Fsp3) is 0.214. The van der Waals surface area contributed by atoms with E-state index in [-0.39, 0.29) is 6.79 Å². The standard InChI is InChI=1S/C14H11ClO4/c15-14(16)11(7-10-2-1-5-17-10)9-3-4-12-13(6-9)19-8-18-12/h1-6,11H,7-8H2. The molecular weight excluding hydrogens is 268 g/mol. The summed E-state index contributed by atoms with van der Waals surface area (Å²) < 4.78 is 15.8. The van der Waals surface area contributed by atoms with Crippen molar-refractivity contribution >= 4 is 16.8 Å². The van der Waals surface area contributed by atoms with Crippen LogP contribution in [0.1, 0.15) is 17.2 Å². The number of halogens is 1. The van der Waals surface area contributed by atoms with Crippen molar-refractivity contribution in [2.24, 2.45) is 0 Å². The zero-order chi connectivity index (χ0) is 13.2. The topological polar surface area (TPSA) is 48.7 Å². The second-order valence-corrected chi connectivity index (χ2v) is 4.63. The van der Waals surface area contributed by atoms with Crippen LogP contribution in [0.5, 0.6) is 11.5 Å². The van der Waals surface area contributed by atoms with Gasteiger partial charge in [0, 0.05) is 6.42 Å². The highest BCUT2D eigenvalue weighted by molar-refractivity contribution is 6.64. The number of ether oxygens (including phenoxy) is 2. The number of fused-ring (bicyclic) bond motifs is 1. The van der Waals surface area contributed by atoms with Gasteiger partial charge in [-0.05, 0) is 41.4 Å². The molecule has 0 saturated carbocycles. The Morgan fingerprint density at radius 2 is 2.11 bits per heavy atom. The van der Waals surface area contributed by atoms with E-state index in [0.29, 0.717) is 17.9 Å². The van der Waals surface area contributed by atoms with E-state index in [9.17, 15) is 4.79 Å². The van der Waals surface area contributed by atoms with Crippen LogP contribution in [0.15, 0.2) is 41.0 Å². The molecule has 0 radical (unpaired) electrons. The van der Waals surface area contributed by atoms with Crippen LogP contribution in [0, 0.1) is 0 Å². The predicted molar refractivity (Wildman–Crippen MR) is 68.6 cm³/mol. The van der Waals surface area contributed by atoms with Crippen LogP contribution in [0.3, 0.4) is 0 Å². The molecule has 1 aromatic heterocycles. The van der Waals surface area contributed by atoms with Gasteiger partial charge in [-0.3, -0.25) is 4.79 Å². The highest BCUT2D eigenvalue weighted by Crippen LogP contribution is 2.36. The molecule has 0 fully saturated rings. The molecule has 0 spiro atoms. The van der Waals surface area contributed by atoms with Crippen molar-refractivity contribution in [2.45, 2.75) is 12.3 Å². The molecule has 1 aromatic carbocycles. The normalized spacial score (nSPS) is 14.4. The Morgan fingerprint density at radius 1 is 1.26 bits per heavy atom. The third-order valence-electron chi connectivity index (χ3n) is 3.06. The number of furan rings is 1. The van der Waals surface area contributed by atoms with Crippen molar-refractivity contribution in [1.29, 1.82) is 0 Å². The Morgan fingerprint density at radius 3 is 2.84 bits per heavy atom. The average molecular weight is 279 g/mol. The Bertz CT molecular complexity index is 591. The lowest BCUT2D eigenvalue weighted by Gasteiger charge is -2.12. The van der Waals surface area contributed by atoms with Crippen molar-refractivity contribution in [3.8, 4) is 11.5 Å². The van der Waals surface area contributed by atoms with Gasteiger partial charge in [0.15, 0.2) is 11.5 Å². The molecule has 4 nitrogen and oxygen atoms in total. The third kappa shape index (κ3) is 2.44. The number of hydrogen-bond donors (Lipinski definition) is 0. The van der Waals surface area contributed by atoms with E-state index < -0.39 is 11.2 Å². The molecule has 1 aliphatic rings. The van der Waals surface area contributed by atoms with Gasteiger partial charge in [-0.2, -0.15) is 0 Å². The van der Waals surface area contributed by atoms with Crippen molar-refractivity contribution in [3.05, 3.63) is 47.9 Å². The number of benzene rings is 1. The van der Waals surface area contributed by atoms with Gasteiger partial charge < -0.3 is 13.9 Å². The summed E-state index contributed by atoms with van der Waals surface area (Å²) in [6, 6.07) is 8.99. The van der Waals surface area contributed by atoms with E-state index in [1.54, 1.807) is 24.5 Å². The van der Waals surface area contributed by atoms with Gasteiger partial charge in [-0.15, -0.1) is 0 Å². The summed E-state index contributed by atoms with van der Waals surface area (Å²) in [5.41, 5.74) is 0.792. The van der Waals surface area contributed by atoms with Crippen LogP contribution >= 0.6 is 11.6 Å². The Balaban J connectivity index is 1.89. The summed E-state index contributed by atoms with van der Waals surface area (Å²) in [6.45, 7) is 0.205. The first-order chi connectivity index (χ1) is 9.24. The summed E-state index contributed by atoms with van der Waals surface area (Å²) in [5, 5.41) is -0.421. The second-order valence-electron chi connectivity index (χ2n) is 4.25. The monoisotopic (exact) mass is 278 g/mol. The molecule has 0 aliphatic carbocycles. The molecule has 2 aromatic rings. The number of carbonyl (C=O) groups is 1. The molecule has 1 atom stereocenters. The van der Waals surface area contributed by atoms with E-state index in [1.807, 2.05) is 12.1 Å². The second kappa shape index (κ2) is 4.97. The molecule has 2 heterocycles. The van der Waals surface area contributed by atoms with Crippen molar-refractivity contribution in [3.63, 3.8) is 0 Å². The molecule has 0 amide bonds. The van der Waals surface area contributed by atoms with Crippen molar-refractivity contribution in [1.82, 2.24) is 0 Å². The van der Waals surface area contributed by atoms with Crippen LogP contribution in [-0.2, 0) is 11.2 Å². The lowest BCUT2D eigenvalue weighted by Crippen LogP contribution is -2.09. The first-order valence-electron chi connectivity index (χ1n) is 5.85. The maximum absolute atomic E-state index is 11.6. The van der Waals surface area contributed by atoms with E-state index in [4.69, 9.17) is 25.5 Å². The average Bonchev–Trinajstić information content (AvgIpc) is 3.05. The summed E-state index contributed by atoms with van der Waals surface area (Å²) in [5.74, 6) is 1.58. The first-order valence-corrected chi connectivity index (χ1v) is 6.23. The van der Waals surface area contributed by atoms with Crippen molar-refractivity contribution in [2.75, 3.05) is 6.79 Å². The van der Waals surface area contributed by atoms with Crippen LogP contribution in [-0.4, -0.2) is 12.0 Å². The molecule has 3 rings (SSSR count). The number of rotatable bonds is 4. The Kier molecular flexibility index (Phi) is 3.17. The summed E-state index contributed by atoms with van der Waals surface area (Å²) in [7, 11) is 0. The molecule has 19 heavy (non-hydrogen) atoms. The minimum Gasteiger partial charge on any atom is -0.469 e. The van der Waals surface area contributed by atoms with Gasteiger partial charge >= 0.3 is 0 Å². The zero-order valence-electron chi connectivity index (χ0n) is 9.97. The first kappa shape index (κ1) is 12.1. The maximum Gasteiger partial charge on any atom is 0.231 e. The summed E-state index contributed by atoms with van der Waals surface area (Å²) >= 11 is 5.69. The summed E-state index contributed by atoms with van der Waals surface area (Å²) in [4.78, 5) is 11.6. The van der Waals surface area contributed by atoms with Gasteiger partial charge in [-0.1, -0.05) is 6.07 Å². The van der Waals surface area contributed by atoms with Crippen LogP contribution in [0.4, 0.5) is 0 Å². The Labute approximate surface area is 114 Å². The van der Waals surface area contributed by atoms with E-state index in [1.165, 1.54) is 0 Å². The van der Waals surface area contributed by atoms with Gasteiger partial charge in [0.05, 0.1) is 12.2 Å². The molecular formula is C14H11ClO4. The minimum absolute atomic E-state index is 0.205. The minimum atomic E-state index is -0.456. The fourth-order valence-electron chi connectivity index (χ4n) is 2.09. The van der Waals surface area contributed by atoms with Gasteiger partial charge in [0.25, 0.3) is 0 Å². The van der Waals surface area contributed by atoms with Crippen molar-refractivity contribution < 1.29 is 18.7 Å². The van der Waals surface area contributed by atoms with Crippen LogP contribution in [0.25, 0.3) is 0 Å². The fourth-order valence-corrected chi connectivity index (χ4v) is 2.29. The number of hydrogen-bond acceptors (Lipinski definition) is 4. The SMILES string of the molecule is O=C(Cl)C(Cc1ccco1)c1ccc2c(c1)OCO2. The number of carbonyl (C=O) groups excluding carboxylic acids is 1. The summed E-state index contributed by atoms with van der Waals surface area (Å²) in [6.07, 6.45) is 2.00. The Hall–Kier alpha value is -1.94.